The second kappa shape index (κ2) is 19.1. The number of hydrogen-bond acceptors (Lipinski definition) is 13. The van der Waals surface area contributed by atoms with E-state index in [9.17, 15) is 19.5 Å². The average Bonchev–Trinajstić information content (AvgIpc) is 4.22. The molecule has 0 aliphatic carbocycles. The zero-order valence-electron chi connectivity index (χ0n) is 38.8. The number of thiazole rings is 1. The molecule has 2 aromatic carbocycles. The monoisotopic (exact) mass is 982 g/mol. The van der Waals surface area contributed by atoms with E-state index >= 15 is 0 Å². The van der Waals surface area contributed by atoms with Gasteiger partial charge in [0.25, 0.3) is 0 Å². The fourth-order valence-electron chi connectivity index (χ4n) is 9.51. The molecule has 10 rings (SSSR count). The summed E-state index contributed by atoms with van der Waals surface area (Å²) < 4.78 is 3.60. The number of β-amino-alcohol motifs (C(OH)–C–C–N with tert-alkyl or cyclic N) is 1. The Morgan fingerprint density at radius 3 is 2.49 bits per heavy atom. The number of carbonyl (C=O) groups is 3. The molecule has 8 heterocycles. The zero-order valence-corrected chi connectivity index (χ0v) is 41.1. The topological polar surface area (TPSA) is 189 Å². The predicted molar refractivity (Wildman–Crippen MR) is 267 cm³/mol. The normalized spacial score (nSPS) is 19.2. The molecule has 3 N–H and O–H groups in total. The molecule has 0 bridgehead atoms. The molecule has 0 radical (unpaired) electrons. The number of halogens is 1. The maximum Gasteiger partial charge on any atom is 0.245 e. The summed E-state index contributed by atoms with van der Waals surface area (Å²) in [7, 11) is 0. The number of benzene rings is 2. The summed E-state index contributed by atoms with van der Waals surface area (Å²) in [6.45, 7) is 11.2. The van der Waals surface area contributed by atoms with Crippen molar-refractivity contribution in [1.29, 1.82) is 0 Å². The van der Waals surface area contributed by atoms with Crippen LogP contribution < -0.4 is 15.5 Å². The molecule has 0 spiro atoms. The highest BCUT2D eigenvalue weighted by molar-refractivity contribution is 7.15. The van der Waals surface area contributed by atoms with E-state index in [4.69, 9.17) is 16.6 Å². The van der Waals surface area contributed by atoms with Crippen molar-refractivity contribution in [3.05, 3.63) is 134 Å². The molecule has 69 heavy (non-hydrogen) atoms. The number of nitrogens with one attached hydrogen (secondary N) is 2. The van der Waals surface area contributed by atoms with E-state index in [1.807, 2.05) is 91.5 Å². The molecule has 19 heteroatoms. The molecular weight excluding hydrogens is 932 g/mol. The summed E-state index contributed by atoms with van der Waals surface area (Å²) in [4.78, 5) is 61.4. The van der Waals surface area contributed by atoms with Gasteiger partial charge in [0.2, 0.25) is 17.7 Å². The lowest BCUT2D eigenvalue weighted by atomic mass is 9.99. The number of carbonyl (C=O) groups excluding carboxylic acids is 3. The molecule has 3 amide bonds. The van der Waals surface area contributed by atoms with Gasteiger partial charge in [-0.05, 0) is 87.6 Å². The number of aromatic nitrogens is 7. The summed E-state index contributed by atoms with van der Waals surface area (Å²) >= 11 is 9.55. The van der Waals surface area contributed by atoms with Gasteiger partial charge >= 0.3 is 0 Å². The van der Waals surface area contributed by atoms with Crippen molar-refractivity contribution >= 4 is 63.5 Å². The van der Waals surface area contributed by atoms with E-state index < -0.39 is 18.2 Å². The number of aliphatic imine (C=N–C) groups is 1. The predicted octanol–water partition coefficient (Wildman–Crippen LogP) is 7.11. The van der Waals surface area contributed by atoms with Crippen LogP contribution in [0.5, 0.6) is 0 Å². The van der Waals surface area contributed by atoms with Crippen molar-refractivity contribution in [2.24, 2.45) is 4.99 Å². The number of amides is 3. The average molecular weight is 984 g/mol. The van der Waals surface area contributed by atoms with Gasteiger partial charge in [0.15, 0.2) is 5.82 Å². The quantitative estimate of drug-likeness (QED) is 0.114. The van der Waals surface area contributed by atoms with Gasteiger partial charge in [-0.1, -0.05) is 48.0 Å². The van der Waals surface area contributed by atoms with E-state index in [1.54, 1.807) is 45.9 Å². The molecule has 3 aliphatic rings. The summed E-state index contributed by atoms with van der Waals surface area (Å²) in [5.41, 5.74) is 10.3. The standard InChI is InChI=1S/C50H51ClN12O4S2/c1-27-30(4)69-50-45(27)46(33-10-12-37(51)13-11-33)57-40(48-59-58-31(5)63(48)50)20-43(65)56-38-15-17-60(23-38)42-18-35(14-16-52-42)36-21-54-61(22-36)25-44(66)62-24-39(64)19-41(62)49(67)55-28(2)32-6-8-34(9-7-32)47-29(3)53-26-68-47/h6-14,16,18,21-22,26,28,38-41,64H,15,17,19-20,23-25H2,1-5H3,(H,55,67)(H,56,65)/t28-,38+,39+,40-,41-/m0/s1. The van der Waals surface area contributed by atoms with Gasteiger partial charge in [0, 0.05) is 71.1 Å². The first-order valence-electron chi connectivity index (χ1n) is 23.0. The minimum atomic E-state index is -0.815. The van der Waals surface area contributed by atoms with Gasteiger partial charge in [-0.2, -0.15) is 5.10 Å². The molecule has 5 aromatic heterocycles. The summed E-state index contributed by atoms with van der Waals surface area (Å²) in [5, 5.41) is 32.0. The van der Waals surface area contributed by atoms with Crippen molar-refractivity contribution in [3.63, 3.8) is 0 Å². The molecule has 3 aliphatic heterocycles. The number of fused-ring (bicyclic) bond motifs is 3. The Morgan fingerprint density at radius 2 is 1.72 bits per heavy atom. The molecule has 7 aromatic rings. The third-order valence-corrected chi connectivity index (χ3v) is 15.7. The van der Waals surface area contributed by atoms with Crippen LogP contribution in [-0.2, 0) is 20.9 Å². The van der Waals surface area contributed by atoms with Crippen molar-refractivity contribution in [2.45, 2.75) is 90.7 Å². The lowest BCUT2D eigenvalue weighted by molar-refractivity contribution is -0.139. The first-order chi connectivity index (χ1) is 33.3. The molecule has 354 valence electrons. The molecular formula is C50H51ClN12O4S2. The first-order valence-corrected chi connectivity index (χ1v) is 25.0. The highest BCUT2D eigenvalue weighted by Crippen LogP contribution is 2.40. The largest absolute Gasteiger partial charge is 0.391 e. The lowest BCUT2D eigenvalue weighted by Crippen LogP contribution is -2.47. The van der Waals surface area contributed by atoms with Crippen LogP contribution >= 0.6 is 34.3 Å². The van der Waals surface area contributed by atoms with Gasteiger partial charge < -0.3 is 25.5 Å². The smallest absolute Gasteiger partial charge is 0.245 e. The fraction of sp³-hybridized carbons (Fsp3) is 0.340. The second-order valence-electron chi connectivity index (χ2n) is 18.0. The third-order valence-electron chi connectivity index (χ3n) is 13.3. The van der Waals surface area contributed by atoms with Gasteiger partial charge in [-0.25, -0.2) is 9.97 Å². The van der Waals surface area contributed by atoms with Crippen molar-refractivity contribution in [3.8, 4) is 26.6 Å². The second-order valence-corrected chi connectivity index (χ2v) is 20.5. The van der Waals surface area contributed by atoms with E-state index in [-0.39, 0.29) is 55.7 Å². The van der Waals surface area contributed by atoms with Crippen molar-refractivity contribution in [1.82, 2.24) is 50.0 Å². The summed E-state index contributed by atoms with van der Waals surface area (Å²) in [6, 6.07) is 17.7. The van der Waals surface area contributed by atoms with E-state index in [2.05, 4.69) is 54.6 Å². The number of hydrogen-bond donors (Lipinski definition) is 3. The molecule has 0 saturated carbocycles. The van der Waals surface area contributed by atoms with E-state index in [1.165, 1.54) is 9.78 Å². The molecule has 16 nitrogen and oxygen atoms in total. The number of rotatable bonds is 12. The van der Waals surface area contributed by atoms with Gasteiger partial charge in [0.05, 0.1) is 46.6 Å². The maximum absolute atomic E-state index is 13.9. The van der Waals surface area contributed by atoms with Crippen molar-refractivity contribution < 1.29 is 19.5 Å². The minimum absolute atomic E-state index is 0.0608. The number of thiophene rings is 1. The Morgan fingerprint density at radius 1 is 0.942 bits per heavy atom. The van der Waals surface area contributed by atoms with Crippen molar-refractivity contribution in [2.75, 3.05) is 24.5 Å². The number of pyridine rings is 1. The van der Waals surface area contributed by atoms with Gasteiger partial charge in [-0.3, -0.25) is 28.6 Å². The van der Waals surface area contributed by atoms with Gasteiger partial charge in [-0.15, -0.1) is 32.9 Å². The number of aliphatic hydroxyl groups is 1. The van der Waals surface area contributed by atoms with Crippen LogP contribution in [0.3, 0.4) is 0 Å². The van der Waals surface area contributed by atoms with Crippen LogP contribution in [0, 0.1) is 27.7 Å². The van der Waals surface area contributed by atoms with Gasteiger partial charge in [0.1, 0.15) is 35.3 Å². The summed E-state index contributed by atoms with van der Waals surface area (Å²) in [6.07, 6.45) is 5.40. The lowest BCUT2D eigenvalue weighted by Gasteiger charge is -2.25. The van der Waals surface area contributed by atoms with Crippen LogP contribution in [-0.4, -0.2) is 106 Å². The number of likely N-dealkylation sites (tertiary alicyclic amines) is 1. The maximum atomic E-state index is 13.9. The number of nitrogens with zero attached hydrogens (tertiary/aromatic N) is 10. The Hall–Kier alpha value is -6.60. The fourth-order valence-corrected chi connectivity index (χ4v) is 11.7. The first kappa shape index (κ1) is 46.1. The number of aryl methyl sites for hydroxylation is 3. The van der Waals surface area contributed by atoms with Crippen LogP contribution in [0.25, 0.3) is 26.6 Å². The molecule has 2 saturated heterocycles. The number of anilines is 1. The Bertz CT molecular complexity index is 3100. The third kappa shape index (κ3) is 9.33. The molecule has 0 unspecified atom stereocenters. The van der Waals surface area contributed by atoms with Crippen LogP contribution in [0.2, 0.25) is 5.02 Å². The van der Waals surface area contributed by atoms with Crippen LogP contribution in [0.15, 0.2) is 89.8 Å². The Labute approximate surface area is 412 Å². The van der Waals surface area contributed by atoms with Crippen LogP contribution in [0.1, 0.15) is 82.7 Å². The van der Waals surface area contributed by atoms with E-state index in [0.29, 0.717) is 23.9 Å². The molecule has 2 fully saturated rings. The Balaban J connectivity index is 0.765. The van der Waals surface area contributed by atoms with Crippen LogP contribution in [0.4, 0.5) is 5.82 Å². The molecule has 5 atom stereocenters. The summed E-state index contributed by atoms with van der Waals surface area (Å²) in [5.74, 6) is 1.36. The highest BCUT2D eigenvalue weighted by Gasteiger charge is 2.40. The number of aliphatic hydroxyl groups excluding tert-OH is 1. The zero-order chi connectivity index (χ0) is 48.1. The minimum Gasteiger partial charge on any atom is -0.391 e. The SMILES string of the molecule is Cc1ncsc1-c1ccc([C@H](C)NC(=O)[C@@H]2C[C@@H](O)CN2C(=O)Cn2cc(-c3ccnc(N4CC[C@@H](NC(=O)C[C@@H]5N=C(c6ccc(Cl)cc6)c6c(sc(C)c6C)-n6c(C)nnc65)C4)c3)cn2)cc1. The highest BCUT2D eigenvalue weighted by atomic mass is 35.5. The van der Waals surface area contributed by atoms with E-state index in [0.717, 1.165) is 78.3 Å². The Kier molecular flexibility index (Phi) is 12.7.